The van der Waals surface area contributed by atoms with Gasteiger partial charge in [0.25, 0.3) is 0 Å². The van der Waals surface area contributed by atoms with E-state index >= 15 is 0 Å². The average Bonchev–Trinajstić information content (AvgIpc) is 2.64. The van der Waals surface area contributed by atoms with Crippen molar-refractivity contribution in [2.24, 2.45) is 0 Å². The highest BCUT2D eigenvalue weighted by molar-refractivity contribution is 5.77. The van der Waals surface area contributed by atoms with Crippen molar-refractivity contribution >= 4 is 11.9 Å². The fraction of sp³-hybridized carbons (Fsp3) is 0.353. The summed E-state index contributed by atoms with van der Waals surface area (Å²) in [4.78, 5) is 25.1. The van der Waals surface area contributed by atoms with Crippen LogP contribution in [0, 0.1) is 0 Å². The van der Waals surface area contributed by atoms with Gasteiger partial charge in [0, 0.05) is 38.6 Å². The molecule has 0 saturated carbocycles. The highest BCUT2D eigenvalue weighted by atomic mass is 16.5. The molecule has 3 rings (SSSR count). The highest BCUT2D eigenvalue weighted by Gasteiger charge is 2.31. The smallest absolute Gasteiger partial charge is 0.327 e. The zero-order chi connectivity index (χ0) is 16.1. The molecule has 23 heavy (non-hydrogen) atoms. The van der Waals surface area contributed by atoms with E-state index in [1.165, 1.54) is 7.11 Å². The van der Waals surface area contributed by atoms with Gasteiger partial charge in [0.2, 0.25) is 5.95 Å². The fourth-order valence-corrected chi connectivity index (χ4v) is 2.88. The number of piperazine rings is 1. The number of ether oxygens (including phenoxy) is 1. The second-order valence-electron chi connectivity index (χ2n) is 5.41. The summed E-state index contributed by atoms with van der Waals surface area (Å²) in [5.41, 5.74) is 0.962. The molecule has 0 amide bonds. The Morgan fingerprint density at radius 1 is 1.04 bits per heavy atom. The molecule has 2 aromatic rings. The maximum absolute atomic E-state index is 12.3. The van der Waals surface area contributed by atoms with Crippen LogP contribution < -0.4 is 4.90 Å². The van der Waals surface area contributed by atoms with Crippen LogP contribution in [-0.2, 0) is 9.53 Å². The fourth-order valence-electron chi connectivity index (χ4n) is 2.88. The molecule has 6 heteroatoms. The van der Waals surface area contributed by atoms with E-state index in [-0.39, 0.29) is 12.0 Å². The number of methoxy groups -OCH3 is 1. The Labute approximate surface area is 135 Å². The molecule has 6 nitrogen and oxygen atoms in total. The highest BCUT2D eigenvalue weighted by Crippen LogP contribution is 2.24. The van der Waals surface area contributed by atoms with Crippen molar-refractivity contribution < 1.29 is 9.53 Å². The Hall–Kier alpha value is -2.47. The lowest BCUT2D eigenvalue weighted by Gasteiger charge is -2.38. The third-order valence-electron chi connectivity index (χ3n) is 4.05. The zero-order valence-corrected chi connectivity index (χ0v) is 13.1. The van der Waals surface area contributed by atoms with Gasteiger partial charge in [-0.1, -0.05) is 30.3 Å². The first kappa shape index (κ1) is 15.4. The van der Waals surface area contributed by atoms with Gasteiger partial charge in [-0.15, -0.1) is 0 Å². The van der Waals surface area contributed by atoms with Gasteiger partial charge in [-0.3, -0.25) is 4.90 Å². The zero-order valence-electron chi connectivity index (χ0n) is 13.1. The molecular formula is C17H20N4O2. The van der Waals surface area contributed by atoms with Crippen LogP contribution in [0.25, 0.3) is 0 Å². The SMILES string of the molecule is COC(=O)C(c1ccccc1)N1CCN(c2ncccn2)CC1. The Bertz CT molecular complexity index is 628. The van der Waals surface area contributed by atoms with E-state index < -0.39 is 0 Å². The maximum atomic E-state index is 12.3. The first-order chi connectivity index (χ1) is 11.3. The van der Waals surface area contributed by atoms with Crippen LogP contribution in [0.2, 0.25) is 0 Å². The van der Waals surface area contributed by atoms with Crippen LogP contribution in [0.15, 0.2) is 48.8 Å². The van der Waals surface area contributed by atoms with Gasteiger partial charge in [0.1, 0.15) is 6.04 Å². The van der Waals surface area contributed by atoms with Gasteiger partial charge in [-0.25, -0.2) is 14.8 Å². The number of esters is 1. The summed E-state index contributed by atoms with van der Waals surface area (Å²) in [5, 5.41) is 0. The summed E-state index contributed by atoms with van der Waals surface area (Å²) in [7, 11) is 1.44. The molecule has 0 N–H and O–H groups in total. The number of benzene rings is 1. The van der Waals surface area contributed by atoms with E-state index in [0.29, 0.717) is 0 Å². The molecule has 1 aliphatic heterocycles. The number of nitrogens with zero attached hydrogens (tertiary/aromatic N) is 4. The van der Waals surface area contributed by atoms with Gasteiger partial charge < -0.3 is 9.64 Å². The first-order valence-electron chi connectivity index (χ1n) is 7.68. The minimum absolute atomic E-state index is 0.222. The van der Waals surface area contributed by atoms with Crippen LogP contribution in [0.1, 0.15) is 11.6 Å². The van der Waals surface area contributed by atoms with E-state index in [4.69, 9.17) is 4.74 Å². The van der Waals surface area contributed by atoms with Crippen molar-refractivity contribution in [1.29, 1.82) is 0 Å². The quantitative estimate of drug-likeness (QED) is 0.798. The second-order valence-corrected chi connectivity index (χ2v) is 5.41. The minimum atomic E-state index is -0.361. The standard InChI is InChI=1S/C17H20N4O2/c1-23-16(22)15(14-6-3-2-4-7-14)20-10-12-21(13-11-20)17-18-8-5-9-19-17/h2-9,15H,10-13H2,1H3. The van der Waals surface area contributed by atoms with E-state index in [1.54, 1.807) is 12.4 Å². The van der Waals surface area contributed by atoms with Crippen LogP contribution in [-0.4, -0.2) is 54.1 Å². The molecule has 1 atom stereocenters. The molecule has 1 saturated heterocycles. The third-order valence-corrected chi connectivity index (χ3v) is 4.05. The lowest BCUT2D eigenvalue weighted by atomic mass is 10.0. The lowest BCUT2D eigenvalue weighted by Crippen LogP contribution is -2.50. The third kappa shape index (κ3) is 3.48. The first-order valence-corrected chi connectivity index (χ1v) is 7.68. The predicted molar refractivity (Wildman–Crippen MR) is 87.0 cm³/mol. The number of hydrogen-bond acceptors (Lipinski definition) is 6. The molecule has 1 unspecified atom stereocenters. The number of anilines is 1. The summed E-state index contributed by atoms with van der Waals surface area (Å²) in [6.07, 6.45) is 3.49. The molecular weight excluding hydrogens is 292 g/mol. The van der Waals surface area contributed by atoms with Crippen LogP contribution in [0.5, 0.6) is 0 Å². The monoisotopic (exact) mass is 312 g/mol. The van der Waals surface area contributed by atoms with Crippen molar-refractivity contribution in [3.8, 4) is 0 Å². The molecule has 1 aromatic carbocycles. The number of rotatable bonds is 4. The van der Waals surface area contributed by atoms with E-state index in [0.717, 1.165) is 37.7 Å². The Kier molecular flexibility index (Phi) is 4.83. The summed E-state index contributed by atoms with van der Waals surface area (Å²) in [6, 6.07) is 11.2. The summed E-state index contributed by atoms with van der Waals surface area (Å²) in [6.45, 7) is 3.08. The van der Waals surface area contributed by atoms with E-state index in [2.05, 4.69) is 19.8 Å². The van der Waals surface area contributed by atoms with E-state index in [1.807, 2.05) is 36.4 Å². The summed E-state index contributed by atoms with van der Waals surface area (Å²) >= 11 is 0. The van der Waals surface area contributed by atoms with Crippen molar-refractivity contribution in [1.82, 2.24) is 14.9 Å². The van der Waals surface area contributed by atoms with Crippen molar-refractivity contribution in [3.63, 3.8) is 0 Å². The topological polar surface area (TPSA) is 58.6 Å². The van der Waals surface area contributed by atoms with Gasteiger partial charge in [0.15, 0.2) is 0 Å². The molecule has 0 bridgehead atoms. The average molecular weight is 312 g/mol. The molecule has 1 aromatic heterocycles. The molecule has 0 spiro atoms. The summed E-state index contributed by atoms with van der Waals surface area (Å²) < 4.78 is 5.01. The number of aromatic nitrogens is 2. The van der Waals surface area contributed by atoms with Crippen LogP contribution in [0.4, 0.5) is 5.95 Å². The molecule has 2 heterocycles. The summed E-state index contributed by atoms with van der Waals surface area (Å²) in [5.74, 6) is 0.516. The minimum Gasteiger partial charge on any atom is -0.468 e. The van der Waals surface area contributed by atoms with Crippen LogP contribution >= 0.6 is 0 Å². The van der Waals surface area contributed by atoms with Gasteiger partial charge >= 0.3 is 5.97 Å². The Balaban J connectivity index is 1.72. The maximum Gasteiger partial charge on any atom is 0.327 e. The number of carbonyl (C=O) groups excluding carboxylic acids is 1. The van der Waals surface area contributed by atoms with Gasteiger partial charge in [-0.2, -0.15) is 0 Å². The molecule has 1 fully saturated rings. The lowest BCUT2D eigenvalue weighted by molar-refractivity contribution is -0.147. The molecule has 1 aliphatic rings. The number of hydrogen-bond donors (Lipinski definition) is 0. The van der Waals surface area contributed by atoms with Crippen molar-refractivity contribution in [2.45, 2.75) is 6.04 Å². The number of carbonyl (C=O) groups is 1. The second kappa shape index (κ2) is 7.19. The largest absolute Gasteiger partial charge is 0.468 e. The van der Waals surface area contributed by atoms with E-state index in [9.17, 15) is 4.79 Å². The normalized spacial score (nSPS) is 16.8. The Morgan fingerprint density at radius 2 is 1.70 bits per heavy atom. The predicted octanol–water partition coefficient (Wildman–Crippen LogP) is 1.51. The molecule has 0 aliphatic carbocycles. The van der Waals surface area contributed by atoms with Gasteiger partial charge in [-0.05, 0) is 11.6 Å². The van der Waals surface area contributed by atoms with Crippen molar-refractivity contribution in [2.75, 3.05) is 38.2 Å². The van der Waals surface area contributed by atoms with Gasteiger partial charge in [0.05, 0.1) is 7.11 Å². The molecule has 120 valence electrons. The Morgan fingerprint density at radius 3 is 2.30 bits per heavy atom. The van der Waals surface area contributed by atoms with Crippen molar-refractivity contribution in [3.05, 3.63) is 54.4 Å². The van der Waals surface area contributed by atoms with Crippen LogP contribution in [0.3, 0.4) is 0 Å². The molecule has 0 radical (unpaired) electrons.